The van der Waals surface area contributed by atoms with Crippen molar-refractivity contribution < 1.29 is 4.79 Å². The van der Waals surface area contributed by atoms with Gasteiger partial charge in [0.25, 0.3) is 5.91 Å². The summed E-state index contributed by atoms with van der Waals surface area (Å²) < 4.78 is 1.92. The van der Waals surface area contributed by atoms with E-state index < -0.39 is 0 Å². The molecule has 0 radical (unpaired) electrons. The van der Waals surface area contributed by atoms with Gasteiger partial charge in [-0.05, 0) is 31.4 Å². The van der Waals surface area contributed by atoms with Crippen LogP contribution in [0.15, 0.2) is 48.9 Å². The van der Waals surface area contributed by atoms with E-state index in [2.05, 4.69) is 20.2 Å². The monoisotopic (exact) mass is 388 g/mol. The second-order valence-electron chi connectivity index (χ2n) is 7.87. The molecule has 1 saturated carbocycles. The maximum Gasteiger partial charge on any atom is 0.252 e. The van der Waals surface area contributed by atoms with Gasteiger partial charge in [-0.15, -0.1) is 0 Å². The lowest BCUT2D eigenvalue weighted by atomic mass is 10.1. The van der Waals surface area contributed by atoms with Crippen LogP contribution in [0.3, 0.4) is 0 Å². The smallest absolute Gasteiger partial charge is 0.252 e. The molecule has 1 aliphatic carbocycles. The minimum atomic E-state index is -0.0666. The lowest BCUT2D eigenvalue weighted by molar-refractivity contribution is 0.0941. The third kappa shape index (κ3) is 3.60. The van der Waals surface area contributed by atoms with Crippen molar-refractivity contribution in [2.75, 3.05) is 18.0 Å². The number of carbonyl (C=O) groups is 1. The Hall–Kier alpha value is -3.22. The number of nitrogens with one attached hydrogen (secondary N) is 1. The van der Waals surface area contributed by atoms with Gasteiger partial charge in [0.05, 0.1) is 5.56 Å². The zero-order chi connectivity index (χ0) is 19.8. The summed E-state index contributed by atoms with van der Waals surface area (Å²) >= 11 is 0. The molecule has 7 heteroatoms. The highest BCUT2D eigenvalue weighted by atomic mass is 16.1. The van der Waals surface area contributed by atoms with Crippen molar-refractivity contribution >= 4 is 11.9 Å². The summed E-state index contributed by atoms with van der Waals surface area (Å²) in [5, 5.41) is 3.19. The molecule has 1 aliphatic heterocycles. The van der Waals surface area contributed by atoms with Gasteiger partial charge in [-0.2, -0.15) is 0 Å². The van der Waals surface area contributed by atoms with E-state index in [1.54, 1.807) is 6.20 Å². The van der Waals surface area contributed by atoms with Crippen molar-refractivity contribution in [2.24, 2.45) is 7.05 Å². The predicted molar refractivity (Wildman–Crippen MR) is 111 cm³/mol. The molecule has 29 heavy (non-hydrogen) atoms. The van der Waals surface area contributed by atoms with Crippen LogP contribution in [-0.4, -0.2) is 44.6 Å². The molecule has 1 amide bonds. The van der Waals surface area contributed by atoms with E-state index in [9.17, 15) is 4.79 Å². The van der Waals surface area contributed by atoms with Gasteiger partial charge in [0.1, 0.15) is 5.82 Å². The van der Waals surface area contributed by atoms with Crippen LogP contribution in [0.25, 0.3) is 11.4 Å². The highest BCUT2D eigenvalue weighted by Gasteiger charge is 2.29. The number of aryl methyl sites for hydroxylation is 1. The highest BCUT2D eigenvalue weighted by Crippen LogP contribution is 2.39. The topological polar surface area (TPSA) is 75.9 Å². The van der Waals surface area contributed by atoms with E-state index in [1.165, 1.54) is 12.8 Å². The molecule has 1 saturated heterocycles. The third-order valence-electron chi connectivity index (χ3n) is 5.70. The fourth-order valence-electron chi connectivity index (χ4n) is 3.94. The van der Waals surface area contributed by atoms with Crippen LogP contribution in [0.1, 0.15) is 41.2 Å². The summed E-state index contributed by atoms with van der Waals surface area (Å²) in [5.74, 6) is 2.11. The molecule has 2 aliphatic rings. The minimum Gasteiger partial charge on any atom is -0.347 e. The van der Waals surface area contributed by atoms with Crippen LogP contribution in [0, 0.1) is 0 Å². The van der Waals surface area contributed by atoms with Gasteiger partial charge in [-0.1, -0.05) is 18.2 Å². The number of rotatable bonds is 5. The van der Waals surface area contributed by atoms with Crippen LogP contribution in [-0.2, 0) is 7.05 Å². The van der Waals surface area contributed by atoms with Crippen molar-refractivity contribution in [2.45, 2.75) is 31.2 Å². The maximum absolute atomic E-state index is 13.0. The Morgan fingerprint density at radius 3 is 2.76 bits per heavy atom. The Bertz CT molecular complexity index is 1040. The molecular formula is C22H24N6O. The standard InChI is InChI=1S/C22H24N6O/c1-27-13-11-23-20(27)17-4-2-3-5-18(17)21(29)25-16-9-12-28(14-16)22-24-10-8-19(26-22)15-6-7-15/h2-5,8,10-11,13,15-16H,6-7,9,12,14H2,1H3,(H,25,29). The molecule has 0 bridgehead atoms. The van der Waals surface area contributed by atoms with Gasteiger partial charge in [-0.3, -0.25) is 4.79 Å². The lowest BCUT2D eigenvalue weighted by Crippen LogP contribution is -2.37. The van der Waals surface area contributed by atoms with Gasteiger partial charge < -0.3 is 14.8 Å². The van der Waals surface area contributed by atoms with Crippen LogP contribution >= 0.6 is 0 Å². The first-order valence-electron chi connectivity index (χ1n) is 10.1. The average Bonchev–Trinajstić information content (AvgIpc) is 3.36. The molecule has 1 N–H and O–H groups in total. The summed E-state index contributed by atoms with van der Waals surface area (Å²) in [4.78, 5) is 28.8. The highest BCUT2D eigenvalue weighted by molar-refractivity contribution is 6.00. The number of imidazole rings is 1. The molecule has 1 atom stereocenters. The number of benzene rings is 1. The predicted octanol–water partition coefficient (Wildman–Crippen LogP) is 2.76. The third-order valence-corrected chi connectivity index (χ3v) is 5.70. The van der Waals surface area contributed by atoms with E-state index in [4.69, 9.17) is 4.98 Å². The summed E-state index contributed by atoms with van der Waals surface area (Å²) in [6.07, 6.45) is 8.82. The summed E-state index contributed by atoms with van der Waals surface area (Å²) in [6, 6.07) is 9.71. The Balaban J connectivity index is 1.29. The van der Waals surface area contributed by atoms with Gasteiger partial charge in [0.15, 0.2) is 0 Å². The van der Waals surface area contributed by atoms with E-state index in [1.807, 2.05) is 54.3 Å². The normalized spacial score (nSPS) is 18.8. The number of amides is 1. The maximum atomic E-state index is 13.0. The lowest BCUT2D eigenvalue weighted by Gasteiger charge is -2.18. The van der Waals surface area contributed by atoms with Crippen LogP contribution in [0.2, 0.25) is 0 Å². The van der Waals surface area contributed by atoms with Gasteiger partial charge in [0.2, 0.25) is 5.95 Å². The molecule has 1 unspecified atom stereocenters. The first-order valence-corrected chi connectivity index (χ1v) is 10.1. The molecular weight excluding hydrogens is 364 g/mol. The zero-order valence-electron chi connectivity index (χ0n) is 16.5. The summed E-state index contributed by atoms with van der Waals surface area (Å²) in [5.41, 5.74) is 2.63. The Labute approximate surface area is 169 Å². The Morgan fingerprint density at radius 2 is 1.97 bits per heavy atom. The summed E-state index contributed by atoms with van der Waals surface area (Å²) in [6.45, 7) is 1.57. The number of aromatic nitrogens is 4. The second kappa shape index (κ2) is 7.31. The van der Waals surface area contributed by atoms with Crippen molar-refractivity contribution in [3.05, 3.63) is 60.2 Å². The number of carbonyl (C=O) groups excluding carboxylic acids is 1. The fourth-order valence-corrected chi connectivity index (χ4v) is 3.94. The summed E-state index contributed by atoms with van der Waals surface area (Å²) in [7, 11) is 1.93. The minimum absolute atomic E-state index is 0.0666. The first-order chi connectivity index (χ1) is 14.2. The van der Waals surface area contributed by atoms with Gasteiger partial charge >= 0.3 is 0 Å². The number of hydrogen-bond donors (Lipinski definition) is 1. The van der Waals surface area contributed by atoms with Gasteiger partial charge in [0, 0.05) is 61.9 Å². The molecule has 1 aromatic carbocycles. The number of hydrogen-bond acceptors (Lipinski definition) is 5. The van der Waals surface area contributed by atoms with E-state index >= 15 is 0 Å². The molecule has 7 nitrogen and oxygen atoms in total. The average molecular weight is 388 g/mol. The molecule has 3 aromatic rings. The SMILES string of the molecule is Cn1ccnc1-c1ccccc1C(=O)NC1CCN(c2nccc(C3CC3)n2)C1. The zero-order valence-corrected chi connectivity index (χ0v) is 16.5. The molecule has 3 heterocycles. The number of anilines is 1. The van der Waals surface area contributed by atoms with E-state index in [-0.39, 0.29) is 11.9 Å². The van der Waals surface area contributed by atoms with Crippen molar-refractivity contribution in [3.63, 3.8) is 0 Å². The van der Waals surface area contributed by atoms with Gasteiger partial charge in [-0.25, -0.2) is 15.0 Å². The largest absolute Gasteiger partial charge is 0.347 e. The van der Waals surface area contributed by atoms with Crippen molar-refractivity contribution in [1.82, 2.24) is 24.8 Å². The van der Waals surface area contributed by atoms with E-state index in [0.717, 1.165) is 42.5 Å². The van der Waals surface area contributed by atoms with Crippen LogP contribution in [0.4, 0.5) is 5.95 Å². The fraction of sp³-hybridized carbons (Fsp3) is 0.364. The first kappa shape index (κ1) is 17.8. The van der Waals surface area contributed by atoms with Crippen LogP contribution < -0.4 is 10.2 Å². The Kier molecular flexibility index (Phi) is 4.50. The van der Waals surface area contributed by atoms with Crippen molar-refractivity contribution in [3.8, 4) is 11.4 Å². The molecule has 0 spiro atoms. The number of nitrogens with zero attached hydrogens (tertiary/aromatic N) is 5. The van der Waals surface area contributed by atoms with E-state index in [0.29, 0.717) is 11.5 Å². The molecule has 148 valence electrons. The molecule has 2 fully saturated rings. The molecule has 2 aromatic heterocycles. The van der Waals surface area contributed by atoms with Crippen LogP contribution in [0.5, 0.6) is 0 Å². The van der Waals surface area contributed by atoms with Crippen molar-refractivity contribution in [1.29, 1.82) is 0 Å². The second-order valence-corrected chi connectivity index (χ2v) is 7.87. The quantitative estimate of drug-likeness (QED) is 0.727. The molecule has 5 rings (SSSR count). The Morgan fingerprint density at radius 1 is 1.10 bits per heavy atom.